The zero-order chi connectivity index (χ0) is 21.2. The number of unbranched alkanes of at least 4 members (excludes halogenated alkanes) is 3. The molecular weight excluding hydrogens is 370 g/mol. The minimum atomic E-state index is -0.716. The molecule has 3 heteroatoms. The van der Waals surface area contributed by atoms with Gasteiger partial charge in [-0.1, -0.05) is 74.4 Å². The van der Waals surface area contributed by atoms with Crippen molar-refractivity contribution in [3.63, 3.8) is 0 Å². The van der Waals surface area contributed by atoms with Crippen molar-refractivity contribution in [3.05, 3.63) is 78.0 Å². The Kier molecular flexibility index (Phi) is 8.20. The van der Waals surface area contributed by atoms with Crippen LogP contribution in [0.2, 0.25) is 0 Å². The molecule has 0 aliphatic heterocycles. The van der Waals surface area contributed by atoms with Crippen LogP contribution in [-0.4, -0.2) is 16.1 Å². The van der Waals surface area contributed by atoms with Crippen molar-refractivity contribution in [2.45, 2.75) is 58.3 Å². The fourth-order valence-corrected chi connectivity index (χ4v) is 3.62. The van der Waals surface area contributed by atoms with Crippen molar-refractivity contribution in [1.82, 2.24) is 4.98 Å². The molecule has 3 nitrogen and oxygen atoms in total. The number of rotatable bonds is 11. The van der Waals surface area contributed by atoms with Crippen molar-refractivity contribution in [2.75, 3.05) is 0 Å². The molecule has 0 amide bonds. The Morgan fingerprint density at radius 2 is 1.30 bits per heavy atom. The highest BCUT2D eigenvalue weighted by Crippen LogP contribution is 2.25. The summed E-state index contributed by atoms with van der Waals surface area (Å²) in [5.74, 6) is -0.716. The van der Waals surface area contributed by atoms with Gasteiger partial charge in [0.25, 0.3) is 0 Å². The lowest BCUT2D eigenvalue weighted by Gasteiger charge is -2.07. The van der Waals surface area contributed by atoms with Crippen LogP contribution < -0.4 is 0 Å². The highest BCUT2D eigenvalue weighted by atomic mass is 16.4. The molecule has 0 saturated heterocycles. The molecule has 1 N–H and O–H groups in total. The van der Waals surface area contributed by atoms with E-state index in [-0.39, 0.29) is 6.42 Å². The van der Waals surface area contributed by atoms with E-state index < -0.39 is 5.97 Å². The maximum atomic E-state index is 10.6. The van der Waals surface area contributed by atoms with E-state index in [0.29, 0.717) is 0 Å². The topological polar surface area (TPSA) is 50.2 Å². The van der Waals surface area contributed by atoms with Crippen LogP contribution in [0.4, 0.5) is 0 Å². The van der Waals surface area contributed by atoms with Crippen LogP contribution in [0.1, 0.15) is 56.6 Å². The molecule has 0 unspecified atom stereocenters. The summed E-state index contributed by atoms with van der Waals surface area (Å²) >= 11 is 0. The predicted molar refractivity (Wildman–Crippen MR) is 124 cm³/mol. The van der Waals surface area contributed by atoms with Gasteiger partial charge in [-0.25, -0.2) is 0 Å². The first-order valence-corrected chi connectivity index (χ1v) is 11.0. The van der Waals surface area contributed by atoms with Crippen LogP contribution in [0.5, 0.6) is 0 Å². The van der Waals surface area contributed by atoms with E-state index in [1.165, 1.54) is 41.5 Å². The fraction of sp³-hybridized carbons (Fsp3) is 0.333. The van der Waals surface area contributed by atoms with E-state index in [0.717, 1.165) is 36.9 Å². The zero-order valence-corrected chi connectivity index (χ0v) is 17.8. The summed E-state index contributed by atoms with van der Waals surface area (Å²) in [4.78, 5) is 15.2. The molecule has 156 valence electrons. The molecule has 2 aromatic carbocycles. The monoisotopic (exact) mass is 401 g/mol. The second-order valence-corrected chi connectivity index (χ2v) is 7.88. The Morgan fingerprint density at radius 3 is 1.90 bits per heavy atom. The van der Waals surface area contributed by atoms with Gasteiger partial charge < -0.3 is 5.11 Å². The zero-order valence-electron chi connectivity index (χ0n) is 17.8. The summed E-state index contributed by atoms with van der Waals surface area (Å²) in [5.41, 5.74) is 7.09. The van der Waals surface area contributed by atoms with Gasteiger partial charge in [0.05, 0.1) is 5.69 Å². The molecule has 0 saturated carbocycles. The average Bonchev–Trinajstić information content (AvgIpc) is 2.78. The number of carboxylic acid groups (broad SMARTS) is 1. The Hall–Kier alpha value is -2.94. The third-order valence-corrected chi connectivity index (χ3v) is 5.47. The highest BCUT2D eigenvalue weighted by molar-refractivity contribution is 5.69. The third-order valence-electron chi connectivity index (χ3n) is 5.47. The average molecular weight is 402 g/mol. The van der Waals surface area contributed by atoms with E-state index in [1.54, 1.807) is 0 Å². The molecule has 0 aliphatic carbocycles. The molecule has 0 atom stereocenters. The summed E-state index contributed by atoms with van der Waals surface area (Å²) < 4.78 is 0. The SMILES string of the molecule is CCCCCc1ccc(-c2ccc(-c3ccc(CCCCC(=O)O)cc3)cc2)nc1. The quantitative estimate of drug-likeness (QED) is 0.354. The third kappa shape index (κ3) is 6.55. The molecule has 1 aromatic heterocycles. The van der Waals surface area contributed by atoms with Crippen LogP contribution in [-0.2, 0) is 17.6 Å². The van der Waals surface area contributed by atoms with Crippen LogP contribution in [0.3, 0.4) is 0 Å². The Labute approximate surface area is 179 Å². The van der Waals surface area contributed by atoms with Gasteiger partial charge in [0.2, 0.25) is 0 Å². The molecule has 1 heterocycles. The number of nitrogens with zero attached hydrogens (tertiary/aromatic N) is 1. The Morgan fingerprint density at radius 1 is 0.733 bits per heavy atom. The molecule has 0 spiro atoms. The number of carbonyl (C=O) groups is 1. The van der Waals surface area contributed by atoms with Crippen LogP contribution in [0.25, 0.3) is 22.4 Å². The molecule has 0 fully saturated rings. The largest absolute Gasteiger partial charge is 0.481 e. The number of aliphatic carboxylic acids is 1. The van der Waals surface area contributed by atoms with Gasteiger partial charge in [-0.2, -0.15) is 0 Å². The molecule has 0 bridgehead atoms. The van der Waals surface area contributed by atoms with Crippen molar-refractivity contribution < 1.29 is 9.90 Å². The Bertz CT molecular complexity index is 913. The fourth-order valence-electron chi connectivity index (χ4n) is 3.62. The van der Waals surface area contributed by atoms with Crippen LogP contribution in [0, 0.1) is 0 Å². The predicted octanol–water partition coefficient (Wildman–Crippen LogP) is 6.95. The number of aromatic nitrogens is 1. The van der Waals surface area contributed by atoms with Gasteiger partial charge in [-0.05, 0) is 60.4 Å². The van der Waals surface area contributed by atoms with E-state index in [9.17, 15) is 4.79 Å². The van der Waals surface area contributed by atoms with Crippen molar-refractivity contribution in [2.24, 2.45) is 0 Å². The lowest BCUT2D eigenvalue weighted by molar-refractivity contribution is -0.137. The Balaban J connectivity index is 1.58. The molecule has 0 aliphatic rings. The number of carboxylic acids is 1. The van der Waals surface area contributed by atoms with Gasteiger partial charge in [-0.3, -0.25) is 9.78 Å². The summed E-state index contributed by atoms with van der Waals surface area (Å²) in [5, 5.41) is 8.71. The van der Waals surface area contributed by atoms with Gasteiger partial charge in [-0.15, -0.1) is 0 Å². The van der Waals surface area contributed by atoms with Crippen molar-refractivity contribution >= 4 is 5.97 Å². The summed E-state index contributed by atoms with van der Waals surface area (Å²) in [6, 6.07) is 21.4. The maximum Gasteiger partial charge on any atom is 0.303 e. The number of hydrogen-bond donors (Lipinski definition) is 1. The van der Waals surface area contributed by atoms with Crippen LogP contribution >= 0.6 is 0 Å². The van der Waals surface area contributed by atoms with Gasteiger partial charge >= 0.3 is 5.97 Å². The van der Waals surface area contributed by atoms with Crippen LogP contribution in [0.15, 0.2) is 66.9 Å². The second-order valence-electron chi connectivity index (χ2n) is 7.88. The molecule has 30 heavy (non-hydrogen) atoms. The summed E-state index contributed by atoms with van der Waals surface area (Å²) in [6.45, 7) is 2.23. The lowest BCUT2D eigenvalue weighted by Crippen LogP contribution is -1.94. The first-order chi connectivity index (χ1) is 14.7. The van der Waals surface area contributed by atoms with E-state index >= 15 is 0 Å². The maximum absolute atomic E-state index is 10.6. The van der Waals surface area contributed by atoms with Gasteiger partial charge in [0.1, 0.15) is 0 Å². The second kappa shape index (κ2) is 11.3. The van der Waals surface area contributed by atoms with Crippen molar-refractivity contribution in [1.29, 1.82) is 0 Å². The molecule has 3 aromatic rings. The first kappa shape index (κ1) is 21.8. The summed E-state index contributed by atoms with van der Waals surface area (Å²) in [6.07, 6.45) is 9.67. The molecule has 0 radical (unpaired) electrons. The minimum absolute atomic E-state index is 0.251. The van der Waals surface area contributed by atoms with Gasteiger partial charge in [0.15, 0.2) is 0 Å². The number of pyridine rings is 1. The van der Waals surface area contributed by atoms with Crippen molar-refractivity contribution in [3.8, 4) is 22.4 Å². The van der Waals surface area contributed by atoms with E-state index in [2.05, 4.69) is 72.6 Å². The van der Waals surface area contributed by atoms with Gasteiger partial charge in [0, 0.05) is 18.2 Å². The molecule has 3 rings (SSSR count). The normalized spacial score (nSPS) is 10.8. The highest BCUT2D eigenvalue weighted by Gasteiger charge is 2.03. The number of hydrogen-bond acceptors (Lipinski definition) is 2. The number of aryl methyl sites for hydroxylation is 2. The summed E-state index contributed by atoms with van der Waals surface area (Å²) in [7, 11) is 0. The first-order valence-electron chi connectivity index (χ1n) is 11.0. The van der Waals surface area contributed by atoms with E-state index in [4.69, 9.17) is 5.11 Å². The molecular formula is C27H31NO2. The van der Waals surface area contributed by atoms with E-state index in [1.807, 2.05) is 6.20 Å². The minimum Gasteiger partial charge on any atom is -0.481 e. The number of benzene rings is 2. The lowest BCUT2D eigenvalue weighted by atomic mass is 9.99. The standard InChI is InChI=1S/C27H31NO2/c1-2-3-4-8-22-12-19-26(28-20-22)25-17-15-24(16-18-25)23-13-10-21(11-14-23)7-5-6-9-27(29)30/h10-20H,2-9H2,1H3,(H,29,30). The smallest absolute Gasteiger partial charge is 0.303 e.